The predicted molar refractivity (Wildman–Crippen MR) is 81.8 cm³/mol. The molecule has 3 nitrogen and oxygen atoms in total. The van der Waals surface area contributed by atoms with Crippen molar-refractivity contribution in [1.29, 1.82) is 5.41 Å². The summed E-state index contributed by atoms with van der Waals surface area (Å²) in [6.07, 6.45) is 3.82. The molecule has 1 saturated carbocycles. The molecule has 0 heterocycles. The monoisotopic (exact) mass is 324 g/mol. The molecule has 1 aliphatic rings. The number of nitrogens with one attached hydrogen (secondary N) is 1. The highest BCUT2D eigenvalue weighted by molar-refractivity contribution is 9.10. The van der Waals surface area contributed by atoms with Crippen LogP contribution in [0.25, 0.3) is 0 Å². The van der Waals surface area contributed by atoms with Crippen LogP contribution in [-0.2, 0) is 0 Å². The fourth-order valence-corrected chi connectivity index (χ4v) is 3.39. The summed E-state index contributed by atoms with van der Waals surface area (Å²) in [5.74, 6) is 2.37. The lowest BCUT2D eigenvalue weighted by Gasteiger charge is -2.32. The van der Waals surface area contributed by atoms with E-state index < -0.39 is 0 Å². The molecule has 4 heteroatoms. The van der Waals surface area contributed by atoms with E-state index >= 15 is 0 Å². The van der Waals surface area contributed by atoms with Gasteiger partial charge >= 0.3 is 0 Å². The van der Waals surface area contributed by atoms with Crippen LogP contribution < -0.4 is 10.5 Å². The van der Waals surface area contributed by atoms with Crippen molar-refractivity contribution in [2.45, 2.75) is 39.2 Å². The number of hydrogen-bond donors (Lipinski definition) is 2. The molecule has 1 aliphatic carbocycles. The van der Waals surface area contributed by atoms with Gasteiger partial charge in [0.2, 0.25) is 0 Å². The summed E-state index contributed by atoms with van der Waals surface area (Å²) in [7, 11) is 0. The number of amidine groups is 1. The molecule has 1 aromatic carbocycles. The zero-order valence-corrected chi connectivity index (χ0v) is 13.0. The average Bonchev–Trinajstić information content (AvgIpc) is 2.30. The van der Waals surface area contributed by atoms with E-state index in [-0.39, 0.29) is 5.84 Å². The summed E-state index contributed by atoms with van der Waals surface area (Å²) < 4.78 is 6.97. The molecule has 19 heavy (non-hydrogen) atoms. The molecule has 2 rings (SSSR count). The first-order chi connectivity index (χ1) is 8.95. The molecule has 0 amide bonds. The molecule has 0 saturated heterocycles. The molecular formula is C15H21BrN2O. The largest absolute Gasteiger partial charge is 0.489 e. The average molecular weight is 325 g/mol. The topological polar surface area (TPSA) is 59.1 Å². The van der Waals surface area contributed by atoms with Crippen LogP contribution >= 0.6 is 15.9 Å². The SMILES string of the molecule is CC1CC(C)CC(Oc2ccc(C(=N)N)cc2Br)C1. The highest BCUT2D eigenvalue weighted by Crippen LogP contribution is 2.34. The van der Waals surface area contributed by atoms with Crippen LogP contribution in [0.3, 0.4) is 0 Å². The summed E-state index contributed by atoms with van der Waals surface area (Å²) in [5, 5.41) is 7.42. The zero-order chi connectivity index (χ0) is 14.0. The summed E-state index contributed by atoms with van der Waals surface area (Å²) in [6, 6.07) is 5.57. The summed E-state index contributed by atoms with van der Waals surface area (Å²) in [6.45, 7) is 4.58. The quantitative estimate of drug-likeness (QED) is 0.653. The molecule has 104 valence electrons. The van der Waals surface area contributed by atoms with Gasteiger partial charge in [0.1, 0.15) is 11.6 Å². The van der Waals surface area contributed by atoms with Crippen molar-refractivity contribution in [3.05, 3.63) is 28.2 Å². The highest BCUT2D eigenvalue weighted by Gasteiger charge is 2.25. The third-order valence-electron chi connectivity index (χ3n) is 3.67. The van der Waals surface area contributed by atoms with E-state index in [0.717, 1.165) is 34.9 Å². The number of nitrogen functional groups attached to an aromatic ring is 1. The Bertz CT molecular complexity index is 465. The Morgan fingerprint density at radius 3 is 2.42 bits per heavy atom. The summed E-state index contributed by atoms with van der Waals surface area (Å²) in [4.78, 5) is 0. The van der Waals surface area contributed by atoms with Crippen LogP contribution in [-0.4, -0.2) is 11.9 Å². The molecule has 0 aromatic heterocycles. The molecule has 0 aliphatic heterocycles. The third-order valence-corrected chi connectivity index (χ3v) is 4.29. The molecular weight excluding hydrogens is 304 g/mol. The molecule has 3 N–H and O–H groups in total. The number of ether oxygens (including phenoxy) is 1. The van der Waals surface area contributed by atoms with Crippen molar-refractivity contribution in [3.8, 4) is 5.75 Å². The van der Waals surface area contributed by atoms with E-state index in [1.54, 1.807) is 0 Å². The maximum absolute atomic E-state index is 7.42. The van der Waals surface area contributed by atoms with Gasteiger partial charge in [0.25, 0.3) is 0 Å². The minimum absolute atomic E-state index is 0.0761. The molecule has 0 spiro atoms. The predicted octanol–water partition coefficient (Wildman–Crippen LogP) is 3.94. The van der Waals surface area contributed by atoms with E-state index in [1.165, 1.54) is 6.42 Å². The van der Waals surface area contributed by atoms with Crippen LogP contribution in [0.2, 0.25) is 0 Å². The molecule has 2 unspecified atom stereocenters. The minimum Gasteiger partial charge on any atom is -0.489 e. The van der Waals surface area contributed by atoms with E-state index in [1.807, 2.05) is 18.2 Å². The van der Waals surface area contributed by atoms with E-state index in [2.05, 4.69) is 29.8 Å². The lowest BCUT2D eigenvalue weighted by Crippen LogP contribution is -2.28. The fraction of sp³-hybridized carbons (Fsp3) is 0.533. The van der Waals surface area contributed by atoms with Crippen molar-refractivity contribution in [3.63, 3.8) is 0 Å². The van der Waals surface area contributed by atoms with Gasteiger partial charge in [0.05, 0.1) is 10.6 Å². The van der Waals surface area contributed by atoms with Gasteiger partial charge in [-0.15, -0.1) is 0 Å². The van der Waals surface area contributed by atoms with Gasteiger partial charge in [-0.1, -0.05) is 13.8 Å². The maximum atomic E-state index is 7.42. The Balaban J connectivity index is 2.08. The van der Waals surface area contributed by atoms with Gasteiger partial charge < -0.3 is 10.5 Å². The second-order valence-electron chi connectivity index (χ2n) is 5.72. The minimum atomic E-state index is 0.0761. The Hall–Kier alpha value is -1.03. The van der Waals surface area contributed by atoms with E-state index in [4.69, 9.17) is 15.9 Å². The third kappa shape index (κ3) is 3.72. The van der Waals surface area contributed by atoms with E-state index in [9.17, 15) is 0 Å². The number of benzene rings is 1. The maximum Gasteiger partial charge on any atom is 0.133 e. The normalized spacial score (nSPS) is 27.0. The fourth-order valence-electron chi connectivity index (χ4n) is 2.91. The number of halogens is 1. The van der Waals surface area contributed by atoms with Gasteiger partial charge in [-0.05, 0) is 65.2 Å². The first-order valence-electron chi connectivity index (χ1n) is 6.76. The lowest BCUT2D eigenvalue weighted by molar-refractivity contribution is 0.100. The standard InChI is InChI=1S/C15H21BrN2O/c1-9-5-10(2)7-12(6-9)19-14-4-3-11(15(17)18)8-13(14)16/h3-4,8-10,12H,5-7H2,1-2H3,(H3,17,18). The number of rotatable bonds is 3. The Morgan fingerprint density at radius 2 is 1.89 bits per heavy atom. The summed E-state index contributed by atoms with van der Waals surface area (Å²) in [5.41, 5.74) is 6.19. The molecule has 2 atom stereocenters. The van der Waals surface area contributed by atoms with Crippen LogP contribution in [0.15, 0.2) is 22.7 Å². The second kappa shape index (κ2) is 5.95. The van der Waals surface area contributed by atoms with Crippen molar-refractivity contribution >= 4 is 21.8 Å². The Kier molecular flexibility index (Phi) is 4.50. The van der Waals surface area contributed by atoms with Crippen molar-refractivity contribution in [1.82, 2.24) is 0 Å². The second-order valence-corrected chi connectivity index (χ2v) is 6.57. The Labute approximate surface area is 123 Å². The number of nitrogens with two attached hydrogens (primary N) is 1. The number of hydrogen-bond acceptors (Lipinski definition) is 2. The lowest BCUT2D eigenvalue weighted by atomic mass is 9.82. The zero-order valence-electron chi connectivity index (χ0n) is 11.4. The Morgan fingerprint density at radius 1 is 1.26 bits per heavy atom. The first-order valence-corrected chi connectivity index (χ1v) is 7.55. The van der Waals surface area contributed by atoms with Gasteiger partial charge in [0.15, 0.2) is 0 Å². The highest BCUT2D eigenvalue weighted by atomic mass is 79.9. The molecule has 0 bridgehead atoms. The van der Waals surface area contributed by atoms with Crippen molar-refractivity contribution in [2.75, 3.05) is 0 Å². The smallest absolute Gasteiger partial charge is 0.133 e. The molecule has 1 aromatic rings. The van der Waals surface area contributed by atoms with Crippen LogP contribution in [0.5, 0.6) is 5.75 Å². The van der Waals surface area contributed by atoms with Crippen molar-refractivity contribution in [2.24, 2.45) is 17.6 Å². The van der Waals surface area contributed by atoms with Gasteiger partial charge in [-0.2, -0.15) is 0 Å². The molecule has 0 radical (unpaired) electrons. The van der Waals surface area contributed by atoms with E-state index in [0.29, 0.717) is 11.7 Å². The van der Waals surface area contributed by atoms with Gasteiger partial charge in [0, 0.05) is 5.56 Å². The van der Waals surface area contributed by atoms with Crippen LogP contribution in [0.1, 0.15) is 38.7 Å². The van der Waals surface area contributed by atoms with Crippen molar-refractivity contribution < 1.29 is 4.74 Å². The first kappa shape index (κ1) is 14.4. The van der Waals surface area contributed by atoms with Gasteiger partial charge in [-0.3, -0.25) is 5.41 Å². The summed E-state index contributed by atoms with van der Waals surface area (Å²) >= 11 is 3.50. The van der Waals surface area contributed by atoms with Crippen LogP contribution in [0.4, 0.5) is 0 Å². The van der Waals surface area contributed by atoms with Crippen LogP contribution in [0, 0.1) is 17.2 Å². The molecule has 1 fully saturated rings. The van der Waals surface area contributed by atoms with Gasteiger partial charge in [-0.25, -0.2) is 0 Å².